The second-order valence-electron chi connectivity index (χ2n) is 5.63. The van der Waals surface area contributed by atoms with Crippen LogP contribution in [-0.2, 0) is 14.6 Å². The summed E-state index contributed by atoms with van der Waals surface area (Å²) in [6.07, 6.45) is 0.594. The average Bonchev–Trinajstić information content (AvgIpc) is 2.90. The van der Waals surface area contributed by atoms with Gasteiger partial charge in [-0.1, -0.05) is 0 Å². The van der Waals surface area contributed by atoms with E-state index < -0.39 is 9.84 Å². The third-order valence-electron chi connectivity index (χ3n) is 3.86. The molecule has 1 N–H and O–H groups in total. The number of anilines is 1. The number of sulfone groups is 1. The Morgan fingerprint density at radius 1 is 1.38 bits per heavy atom. The number of hydrogen-bond acceptors (Lipinski definition) is 5. The van der Waals surface area contributed by atoms with Gasteiger partial charge in [0.15, 0.2) is 14.9 Å². The summed E-state index contributed by atoms with van der Waals surface area (Å²) in [5, 5.41) is 3.69. The van der Waals surface area contributed by atoms with Crippen LogP contribution in [0.2, 0.25) is 0 Å². The van der Waals surface area contributed by atoms with Gasteiger partial charge in [-0.15, -0.1) is 0 Å². The maximum atomic E-state index is 11.8. The summed E-state index contributed by atoms with van der Waals surface area (Å²) in [4.78, 5) is 1.92. The van der Waals surface area contributed by atoms with Gasteiger partial charge in [-0.2, -0.15) is 0 Å². The second-order valence-corrected chi connectivity index (χ2v) is 8.25. The summed E-state index contributed by atoms with van der Waals surface area (Å²) in [5.41, 5.74) is 0.840. The van der Waals surface area contributed by atoms with Gasteiger partial charge in [-0.05, 0) is 49.8 Å². The molecule has 0 spiro atoms. The topological polar surface area (TPSA) is 67.9 Å². The second kappa shape index (κ2) is 8.64. The Bertz CT molecular complexity index is 647. The third-order valence-corrected chi connectivity index (χ3v) is 5.95. The Kier molecular flexibility index (Phi) is 6.82. The molecule has 0 amide bonds. The number of rotatable bonds is 7. The fourth-order valence-corrected chi connectivity index (χ4v) is 4.75. The molecule has 24 heavy (non-hydrogen) atoms. The van der Waals surface area contributed by atoms with Gasteiger partial charge in [0, 0.05) is 25.4 Å². The lowest BCUT2D eigenvalue weighted by molar-refractivity contribution is 0.166. The summed E-state index contributed by atoms with van der Waals surface area (Å²) < 4.78 is 34.1. The summed E-state index contributed by atoms with van der Waals surface area (Å²) in [7, 11) is -1.35. The van der Waals surface area contributed by atoms with Crippen molar-refractivity contribution in [1.82, 2.24) is 4.90 Å². The van der Waals surface area contributed by atoms with Crippen LogP contribution in [0.25, 0.3) is 0 Å². The summed E-state index contributed by atoms with van der Waals surface area (Å²) in [5.74, 6) is 1.15. The van der Waals surface area contributed by atoms with Crippen molar-refractivity contribution < 1.29 is 17.9 Å². The highest BCUT2D eigenvalue weighted by molar-refractivity contribution is 7.91. The van der Waals surface area contributed by atoms with E-state index in [1.54, 1.807) is 7.11 Å². The molecule has 0 unspecified atom stereocenters. The minimum absolute atomic E-state index is 0.104. The summed E-state index contributed by atoms with van der Waals surface area (Å²) in [6, 6.07) is 7.41. The first kappa shape index (κ1) is 19.0. The Hall–Kier alpha value is -1.38. The molecule has 0 bridgehead atoms. The minimum Gasteiger partial charge on any atom is -0.494 e. The molecule has 1 saturated heterocycles. The first-order valence-electron chi connectivity index (χ1n) is 7.95. The van der Waals surface area contributed by atoms with E-state index in [4.69, 9.17) is 21.7 Å². The molecule has 2 rings (SSSR count). The van der Waals surface area contributed by atoms with E-state index in [0.717, 1.165) is 11.4 Å². The zero-order chi connectivity index (χ0) is 17.6. The predicted octanol–water partition coefficient (Wildman–Crippen LogP) is 1.92. The number of methoxy groups -OCH3 is 1. The molecule has 1 aromatic carbocycles. The molecule has 1 aliphatic rings. The van der Waals surface area contributed by atoms with Gasteiger partial charge in [0.25, 0.3) is 0 Å². The highest BCUT2D eigenvalue weighted by Crippen LogP contribution is 2.20. The van der Waals surface area contributed by atoms with E-state index in [1.165, 1.54) is 0 Å². The lowest BCUT2D eigenvalue weighted by Crippen LogP contribution is -2.45. The van der Waals surface area contributed by atoms with E-state index >= 15 is 0 Å². The Morgan fingerprint density at radius 3 is 2.62 bits per heavy atom. The van der Waals surface area contributed by atoms with Crippen molar-refractivity contribution in [2.45, 2.75) is 19.4 Å². The van der Waals surface area contributed by atoms with E-state index in [9.17, 15) is 8.42 Å². The maximum Gasteiger partial charge on any atom is 0.173 e. The van der Waals surface area contributed by atoms with Crippen LogP contribution < -0.4 is 10.1 Å². The molecular formula is C16H24N2O4S2. The van der Waals surface area contributed by atoms with Gasteiger partial charge in [0.2, 0.25) is 0 Å². The van der Waals surface area contributed by atoms with Crippen LogP contribution >= 0.6 is 12.2 Å². The number of hydrogen-bond donors (Lipinski definition) is 1. The van der Waals surface area contributed by atoms with Crippen molar-refractivity contribution in [3.8, 4) is 5.75 Å². The molecule has 1 aromatic rings. The molecule has 0 aliphatic carbocycles. The number of benzene rings is 1. The largest absolute Gasteiger partial charge is 0.494 e. The van der Waals surface area contributed by atoms with E-state index in [0.29, 0.717) is 31.3 Å². The molecule has 0 saturated carbocycles. The van der Waals surface area contributed by atoms with Crippen LogP contribution in [0.1, 0.15) is 13.3 Å². The van der Waals surface area contributed by atoms with E-state index in [1.807, 2.05) is 36.1 Å². The maximum absolute atomic E-state index is 11.8. The van der Waals surface area contributed by atoms with Crippen molar-refractivity contribution in [3.05, 3.63) is 24.3 Å². The molecule has 0 radical (unpaired) electrons. The molecule has 6 nitrogen and oxygen atoms in total. The Morgan fingerprint density at radius 2 is 2.08 bits per heavy atom. The Balaban J connectivity index is 2.04. The van der Waals surface area contributed by atoms with Gasteiger partial charge in [-0.25, -0.2) is 8.42 Å². The minimum atomic E-state index is -2.97. The standard InChI is InChI=1S/C16H24N2O4S2/c1-3-22-15-6-4-13(5-7-15)17-16(23)18(9-10-21-2)14-8-11-24(19,20)12-14/h4-7,14H,3,8-12H2,1-2H3,(H,17,23)/t14-/m0/s1. The highest BCUT2D eigenvalue weighted by Gasteiger charge is 2.33. The lowest BCUT2D eigenvalue weighted by atomic mass is 10.2. The van der Waals surface area contributed by atoms with Crippen LogP contribution in [-0.4, -0.2) is 62.8 Å². The normalized spacial score (nSPS) is 19.0. The fraction of sp³-hybridized carbons (Fsp3) is 0.562. The van der Waals surface area contributed by atoms with Crippen molar-refractivity contribution in [3.63, 3.8) is 0 Å². The summed E-state index contributed by atoms with van der Waals surface area (Å²) in [6.45, 7) is 3.60. The Labute approximate surface area is 149 Å². The first-order valence-corrected chi connectivity index (χ1v) is 10.2. The predicted molar refractivity (Wildman–Crippen MR) is 99.5 cm³/mol. The van der Waals surface area contributed by atoms with Crippen molar-refractivity contribution >= 4 is 32.9 Å². The zero-order valence-electron chi connectivity index (χ0n) is 14.0. The van der Waals surface area contributed by atoms with Gasteiger partial charge >= 0.3 is 0 Å². The van der Waals surface area contributed by atoms with Crippen molar-refractivity contribution in [2.75, 3.05) is 43.7 Å². The first-order chi connectivity index (χ1) is 11.4. The SMILES string of the molecule is CCOc1ccc(NC(=S)N(CCOC)[C@H]2CCS(=O)(=O)C2)cc1. The summed E-state index contributed by atoms with van der Waals surface area (Å²) >= 11 is 5.50. The lowest BCUT2D eigenvalue weighted by Gasteiger charge is -2.30. The van der Waals surface area contributed by atoms with Crippen LogP contribution in [0, 0.1) is 0 Å². The van der Waals surface area contributed by atoms with Gasteiger partial charge in [-0.3, -0.25) is 0 Å². The van der Waals surface area contributed by atoms with Crippen molar-refractivity contribution in [1.29, 1.82) is 0 Å². The highest BCUT2D eigenvalue weighted by atomic mass is 32.2. The fourth-order valence-electron chi connectivity index (χ4n) is 2.66. The quantitative estimate of drug-likeness (QED) is 0.734. The monoisotopic (exact) mass is 372 g/mol. The van der Waals surface area contributed by atoms with E-state index in [2.05, 4.69) is 5.32 Å². The van der Waals surface area contributed by atoms with Crippen LogP contribution in [0.5, 0.6) is 5.75 Å². The van der Waals surface area contributed by atoms with Gasteiger partial charge in [0.05, 0.1) is 24.7 Å². The van der Waals surface area contributed by atoms with Gasteiger partial charge in [0.1, 0.15) is 5.75 Å². The number of nitrogens with one attached hydrogen (secondary N) is 1. The number of ether oxygens (including phenoxy) is 2. The molecule has 1 fully saturated rings. The van der Waals surface area contributed by atoms with E-state index in [-0.39, 0.29) is 17.5 Å². The molecule has 8 heteroatoms. The molecule has 0 aromatic heterocycles. The number of thiocarbonyl (C=S) groups is 1. The zero-order valence-corrected chi connectivity index (χ0v) is 15.7. The molecule has 134 valence electrons. The molecule has 1 heterocycles. The van der Waals surface area contributed by atoms with Crippen LogP contribution in [0.15, 0.2) is 24.3 Å². The molecule has 1 aliphatic heterocycles. The van der Waals surface area contributed by atoms with Crippen molar-refractivity contribution in [2.24, 2.45) is 0 Å². The van der Waals surface area contributed by atoms with Crippen LogP contribution in [0.4, 0.5) is 5.69 Å². The average molecular weight is 373 g/mol. The van der Waals surface area contributed by atoms with Gasteiger partial charge < -0.3 is 19.7 Å². The smallest absolute Gasteiger partial charge is 0.173 e. The number of nitrogens with zero attached hydrogens (tertiary/aromatic N) is 1. The van der Waals surface area contributed by atoms with Crippen LogP contribution in [0.3, 0.4) is 0 Å². The molecular weight excluding hydrogens is 348 g/mol. The molecule has 1 atom stereocenters. The third kappa shape index (κ3) is 5.32.